The summed E-state index contributed by atoms with van der Waals surface area (Å²) in [7, 11) is 0. The van der Waals surface area contributed by atoms with Crippen molar-refractivity contribution in [3.63, 3.8) is 0 Å². The molecule has 5 heteroatoms. The topological polar surface area (TPSA) is 41.1 Å². The highest BCUT2D eigenvalue weighted by Crippen LogP contribution is 2.08. The van der Waals surface area contributed by atoms with E-state index < -0.39 is 0 Å². The molecule has 1 saturated heterocycles. The van der Waals surface area contributed by atoms with Gasteiger partial charge in [-0.05, 0) is 53.8 Å². The molecule has 1 aromatic rings. The van der Waals surface area contributed by atoms with Crippen LogP contribution in [0.4, 0.5) is 0 Å². The van der Waals surface area contributed by atoms with Gasteiger partial charge in [0.25, 0.3) is 5.91 Å². The van der Waals surface area contributed by atoms with E-state index in [0.717, 1.165) is 28.6 Å². The molecule has 3 nitrogen and oxygen atoms in total. The van der Waals surface area contributed by atoms with Crippen molar-refractivity contribution in [1.82, 2.24) is 10.6 Å². The van der Waals surface area contributed by atoms with E-state index in [1.807, 2.05) is 24.3 Å². The van der Waals surface area contributed by atoms with E-state index in [1.54, 1.807) is 0 Å². The lowest BCUT2D eigenvalue weighted by Gasteiger charge is -2.11. The molecule has 0 radical (unpaired) electrons. The number of amides is 1. The molecule has 1 heterocycles. The lowest BCUT2D eigenvalue weighted by molar-refractivity contribution is 0.0940. The first-order valence-corrected chi connectivity index (χ1v) is 6.11. The van der Waals surface area contributed by atoms with E-state index in [4.69, 9.17) is 0 Å². The van der Waals surface area contributed by atoms with Gasteiger partial charge in [0.2, 0.25) is 0 Å². The van der Waals surface area contributed by atoms with Crippen LogP contribution in [0.1, 0.15) is 16.8 Å². The van der Waals surface area contributed by atoms with Crippen molar-refractivity contribution in [2.24, 2.45) is 0 Å². The maximum atomic E-state index is 11.8. The highest BCUT2D eigenvalue weighted by molar-refractivity contribution is 14.1. The van der Waals surface area contributed by atoms with Crippen molar-refractivity contribution >= 4 is 40.9 Å². The van der Waals surface area contributed by atoms with Crippen molar-refractivity contribution in [3.05, 3.63) is 33.4 Å². The highest BCUT2D eigenvalue weighted by Gasteiger charge is 2.17. The Morgan fingerprint density at radius 3 is 2.94 bits per heavy atom. The van der Waals surface area contributed by atoms with Gasteiger partial charge in [0.05, 0.1) is 0 Å². The number of hydrogen-bond acceptors (Lipinski definition) is 2. The monoisotopic (exact) mass is 352 g/mol. The zero-order chi connectivity index (χ0) is 10.7. The zero-order valence-electron chi connectivity index (χ0n) is 8.70. The number of carbonyl (C=O) groups excluding carboxylic acids is 1. The van der Waals surface area contributed by atoms with Crippen molar-refractivity contribution in [3.8, 4) is 0 Å². The second kappa shape index (κ2) is 6.42. The summed E-state index contributed by atoms with van der Waals surface area (Å²) >= 11 is 2.21. The van der Waals surface area contributed by atoms with E-state index in [1.165, 1.54) is 0 Å². The molecule has 16 heavy (non-hydrogen) atoms. The van der Waals surface area contributed by atoms with Gasteiger partial charge < -0.3 is 10.6 Å². The normalized spacial score (nSPS) is 18.9. The third kappa shape index (κ3) is 3.61. The Morgan fingerprint density at radius 1 is 1.50 bits per heavy atom. The van der Waals surface area contributed by atoms with Crippen LogP contribution in [0.5, 0.6) is 0 Å². The molecular formula is C11H14ClIN2O. The van der Waals surface area contributed by atoms with Crippen molar-refractivity contribution in [2.75, 3.05) is 13.1 Å². The van der Waals surface area contributed by atoms with Crippen molar-refractivity contribution < 1.29 is 4.79 Å². The van der Waals surface area contributed by atoms with Crippen LogP contribution in [-0.4, -0.2) is 25.0 Å². The van der Waals surface area contributed by atoms with Crippen LogP contribution < -0.4 is 10.6 Å². The summed E-state index contributed by atoms with van der Waals surface area (Å²) < 4.78 is 1.09. The molecule has 0 aromatic heterocycles. The molecule has 1 fully saturated rings. The molecule has 1 amide bonds. The average molecular weight is 353 g/mol. The van der Waals surface area contributed by atoms with Gasteiger partial charge >= 0.3 is 0 Å². The van der Waals surface area contributed by atoms with Gasteiger partial charge in [-0.3, -0.25) is 4.79 Å². The minimum Gasteiger partial charge on any atom is -0.348 e. The summed E-state index contributed by atoms with van der Waals surface area (Å²) in [5, 5.41) is 6.24. The van der Waals surface area contributed by atoms with E-state index in [-0.39, 0.29) is 24.4 Å². The number of nitrogens with one attached hydrogen (secondary N) is 2. The first-order chi connectivity index (χ1) is 7.25. The van der Waals surface area contributed by atoms with E-state index in [2.05, 4.69) is 33.2 Å². The standard InChI is InChI=1S/C11H13IN2O.ClH/c12-9-3-1-2-8(6-9)11(15)14-10-4-5-13-7-10;/h1-3,6,10,13H,4-5,7H2,(H,14,15);1H. The molecule has 2 N–H and O–H groups in total. The fraction of sp³-hybridized carbons (Fsp3) is 0.364. The molecule has 0 bridgehead atoms. The van der Waals surface area contributed by atoms with Crippen LogP contribution >= 0.6 is 35.0 Å². The predicted octanol–water partition coefficient (Wildman–Crippen LogP) is 1.80. The third-order valence-corrected chi connectivity index (χ3v) is 3.15. The maximum Gasteiger partial charge on any atom is 0.251 e. The SMILES string of the molecule is Cl.O=C(NC1CCNC1)c1cccc(I)c1. The average Bonchev–Trinajstić information content (AvgIpc) is 2.70. The molecule has 0 aliphatic carbocycles. The smallest absolute Gasteiger partial charge is 0.251 e. The number of rotatable bonds is 2. The number of carbonyl (C=O) groups is 1. The Morgan fingerprint density at radius 2 is 2.31 bits per heavy atom. The van der Waals surface area contributed by atoms with Gasteiger partial charge in [0, 0.05) is 21.7 Å². The van der Waals surface area contributed by atoms with Gasteiger partial charge in [0.15, 0.2) is 0 Å². The van der Waals surface area contributed by atoms with Crippen LogP contribution in [-0.2, 0) is 0 Å². The fourth-order valence-corrected chi connectivity index (χ4v) is 2.22. The first kappa shape index (κ1) is 13.7. The lowest BCUT2D eigenvalue weighted by atomic mass is 10.2. The van der Waals surface area contributed by atoms with Crippen LogP contribution in [0.15, 0.2) is 24.3 Å². The van der Waals surface area contributed by atoms with Crippen LogP contribution in [0, 0.1) is 3.57 Å². The van der Waals surface area contributed by atoms with Gasteiger partial charge in [0.1, 0.15) is 0 Å². The summed E-state index contributed by atoms with van der Waals surface area (Å²) in [6.45, 7) is 1.88. The number of benzene rings is 1. The van der Waals surface area contributed by atoms with Gasteiger partial charge in [-0.25, -0.2) is 0 Å². The molecule has 1 aliphatic heterocycles. The Bertz CT molecular complexity index is 367. The lowest BCUT2D eigenvalue weighted by Crippen LogP contribution is -2.36. The van der Waals surface area contributed by atoms with Crippen LogP contribution in [0.2, 0.25) is 0 Å². The Labute approximate surface area is 115 Å². The Balaban J connectivity index is 0.00000128. The zero-order valence-corrected chi connectivity index (χ0v) is 11.7. The van der Waals surface area contributed by atoms with Crippen molar-refractivity contribution in [2.45, 2.75) is 12.5 Å². The molecule has 1 aromatic carbocycles. The summed E-state index contributed by atoms with van der Waals surface area (Å²) in [5.41, 5.74) is 0.744. The van der Waals surface area contributed by atoms with E-state index in [0.29, 0.717) is 0 Å². The first-order valence-electron chi connectivity index (χ1n) is 5.03. The van der Waals surface area contributed by atoms with E-state index >= 15 is 0 Å². The second-order valence-electron chi connectivity index (χ2n) is 3.67. The minimum atomic E-state index is 0. The van der Waals surface area contributed by atoms with Crippen LogP contribution in [0.25, 0.3) is 0 Å². The summed E-state index contributed by atoms with van der Waals surface area (Å²) in [5.74, 6) is 0.0298. The Kier molecular flexibility index (Phi) is 5.51. The summed E-state index contributed by atoms with van der Waals surface area (Å²) in [6, 6.07) is 7.92. The molecule has 1 atom stereocenters. The third-order valence-electron chi connectivity index (χ3n) is 2.48. The summed E-state index contributed by atoms with van der Waals surface area (Å²) in [6.07, 6.45) is 1.02. The molecular weight excluding hydrogens is 338 g/mol. The molecule has 1 aliphatic rings. The fourth-order valence-electron chi connectivity index (χ4n) is 1.68. The quantitative estimate of drug-likeness (QED) is 0.797. The van der Waals surface area contributed by atoms with E-state index in [9.17, 15) is 4.79 Å². The Hall–Kier alpha value is -0.330. The predicted molar refractivity (Wildman–Crippen MR) is 75.1 cm³/mol. The molecule has 2 rings (SSSR count). The second-order valence-corrected chi connectivity index (χ2v) is 4.92. The minimum absolute atomic E-state index is 0. The summed E-state index contributed by atoms with van der Waals surface area (Å²) in [4.78, 5) is 11.8. The number of halogens is 2. The van der Waals surface area contributed by atoms with Gasteiger partial charge in [-0.1, -0.05) is 6.07 Å². The largest absolute Gasteiger partial charge is 0.348 e. The maximum absolute atomic E-state index is 11.8. The van der Waals surface area contributed by atoms with Crippen LogP contribution in [0.3, 0.4) is 0 Å². The van der Waals surface area contributed by atoms with Gasteiger partial charge in [-0.2, -0.15) is 0 Å². The molecule has 0 saturated carbocycles. The highest BCUT2D eigenvalue weighted by atomic mass is 127. The molecule has 88 valence electrons. The van der Waals surface area contributed by atoms with Gasteiger partial charge in [-0.15, -0.1) is 12.4 Å². The molecule has 0 spiro atoms. The number of hydrogen-bond donors (Lipinski definition) is 2. The molecule has 1 unspecified atom stereocenters. The van der Waals surface area contributed by atoms with Crippen molar-refractivity contribution in [1.29, 1.82) is 0 Å².